The first kappa shape index (κ1) is 15.8. The summed E-state index contributed by atoms with van der Waals surface area (Å²) in [5.74, 6) is -6.38. The third-order valence-corrected chi connectivity index (χ3v) is 3.04. The number of halogens is 4. The van der Waals surface area contributed by atoms with E-state index in [4.69, 9.17) is 5.73 Å². The van der Waals surface area contributed by atoms with Crippen LogP contribution in [0.3, 0.4) is 0 Å². The first-order valence-electron chi connectivity index (χ1n) is 6.41. The highest BCUT2D eigenvalue weighted by atomic mass is 19.2. The second-order valence-corrected chi connectivity index (χ2v) is 4.79. The maximum absolute atomic E-state index is 13.6. The Kier molecular flexibility index (Phi) is 4.65. The molecule has 114 valence electrons. The molecule has 0 aliphatic carbocycles. The molecule has 0 aliphatic heterocycles. The lowest BCUT2D eigenvalue weighted by molar-refractivity contribution is 0.405. The standard InChI is InChI=1S/C17H13F4N/c1-10(22)2-3-11-4-6-12(7-5-11)8-13-9-14(18)16(20)17(21)15(13)19/h2-7,9H,1,8,22H2/b3-2+. The Morgan fingerprint density at radius 3 is 2.23 bits per heavy atom. The summed E-state index contributed by atoms with van der Waals surface area (Å²) in [4.78, 5) is 0. The van der Waals surface area contributed by atoms with Gasteiger partial charge in [-0.1, -0.05) is 36.9 Å². The lowest BCUT2D eigenvalue weighted by Gasteiger charge is -2.06. The van der Waals surface area contributed by atoms with E-state index in [2.05, 4.69) is 6.58 Å². The van der Waals surface area contributed by atoms with Crippen molar-refractivity contribution >= 4 is 6.08 Å². The summed E-state index contributed by atoms with van der Waals surface area (Å²) in [6.45, 7) is 3.52. The number of nitrogens with two attached hydrogens (primary N) is 1. The van der Waals surface area contributed by atoms with Gasteiger partial charge < -0.3 is 5.73 Å². The van der Waals surface area contributed by atoms with Crippen molar-refractivity contribution in [2.45, 2.75) is 6.42 Å². The smallest absolute Gasteiger partial charge is 0.197 e. The Balaban J connectivity index is 2.23. The molecule has 0 unspecified atom stereocenters. The van der Waals surface area contributed by atoms with E-state index in [0.717, 1.165) is 5.56 Å². The summed E-state index contributed by atoms with van der Waals surface area (Å²) in [6.07, 6.45) is 3.32. The molecule has 0 saturated carbocycles. The number of allylic oxidation sites excluding steroid dienone is 1. The molecule has 2 N–H and O–H groups in total. The van der Waals surface area contributed by atoms with Gasteiger partial charge in [-0.05, 0) is 28.8 Å². The third-order valence-electron chi connectivity index (χ3n) is 3.04. The fraction of sp³-hybridized carbons (Fsp3) is 0.0588. The van der Waals surface area contributed by atoms with Gasteiger partial charge in [0, 0.05) is 12.1 Å². The lowest BCUT2D eigenvalue weighted by Crippen LogP contribution is -2.02. The average Bonchev–Trinajstić information content (AvgIpc) is 2.49. The first-order chi connectivity index (χ1) is 10.4. The van der Waals surface area contributed by atoms with Crippen molar-refractivity contribution < 1.29 is 17.6 Å². The Bertz CT molecular complexity index is 733. The minimum atomic E-state index is -1.80. The molecule has 22 heavy (non-hydrogen) atoms. The van der Waals surface area contributed by atoms with Crippen LogP contribution in [-0.2, 0) is 6.42 Å². The number of hydrogen-bond acceptors (Lipinski definition) is 1. The summed E-state index contributed by atoms with van der Waals surface area (Å²) < 4.78 is 52.8. The van der Waals surface area contributed by atoms with E-state index in [9.17, 15) is 17.6 Å². The quantitative estimate of drug-likeness (QED) is 0.387. The normalized spacial score (nSPS) is 11.1. The van der Waals surface area contributed by atoms with Crippen molar-refractivity contribution in [3.05, 3.63) is 88.6 Å². The second-order valence-electron chi connectivity index (χ2n) is 4.79. The lowest BCUT2D eigenvalue weighted by atomic mass is 10.0. The van der Waals surface area contributed by atoms with Gasteiger partial charge in [0.05, 0.1) is 0 Å². The summed E-state index contributed by atoms with van der Waals surface area (Å²) in [6, 6.07) is 7.50. The van der Waals surface area contributed by atoms with Gasteiger partial charge in [0.1, 0.15) is 0 Å². The van der Waals surface area contributed by atoms with Crippen LogP contribution in [-0.4, -0.2) is 0 Å². The zero-order valence-corrected chi connectivity index (χ0v) is 11.5. The van der Waals surface area contributed by atoms with E-state index in [1.54, 1.807) is 36.4 Å². The molecule has 5 heteroatoms. The van der Waals surface area contributed by atoms with Gasteiger partial charge in [-0.3, -0.25) is 0 Å². The summed E-state index contributed by atoms with van der Waals surface area (Å²) in [7, 11) is 0. The SMILES string of the molecule is C=C(N)/C=C/c1ccc(Cc2cc(F)c(F)c(F)c2F)cc1. The molecule has 0 saturated heterocycles. The van der Waals surface area contributed by atoms with E-state index in [-0.39, 0.29) is 12.0 Å². The zero-order valence-electron chi connectivity index (χ0n) is 11.5. The molecule has 0 atom stereocenters. The van der Waals surface area contributed by atoms with Gasteiger partial charge in [-0.2, -0.15) is 0 Å². The van der Waals surface area contributed by atoms with E-state index in [0.29, 0.717) is 17.3 Å². The topological polar surface area (TPSA) is 26.0 Å². The van der Waals surface area contributed by atoms with Crippen LogP contribution in [0, 0.1) is 23.3 Å². The van der Waals surface area contributed by atoms with Crippen LogP contribution in [0.15, 0.2) is 48.7 Å². The van der Waals surface area contributed by atoms with Crippen LogP contribution in [0.5, 0.6) is 0 Å². The van der Waals surface area contributed by atoms with E-state index < -0.39 is 23.3 Å². The van der Waals surface area contributed by atoms with Gasteiger partial charge in [-0.25, -0.2) is 17.6 Å². The molecule has 0 spiro atoms. The van der Waals surface area contributed by atoms with E-state index >= 15 is 0 Å². The highest BCUT2D eigenvalue weighted by molar-refractivity contribution is 5.52. The Morgan fingerprint density at radius 2 is 1.64 bits per heavy atom. The summed E-state index contributed by atoms with van der Waals surface area (Å²) in [5, 5.41) is 0. The fourth-order valence-electron chi connectivity index (χ4n) is 1.92. The molecule has 0 aliphatic rings. The third kappa shape index (κ3) is 3.55. The summed E-state index contributed by atoms with van der Waals surface area (Å²) >= 11 is 0. The highest BCUT2D eigenvalue weighted by Gasteiger charge is 2.18. The van der Waals surface area contributed by atoms with Crippen LogP contribution >= 0.6 is 0 Å². The van der Waals surface area contributed by atoms with Crippen molar-refractivity contribution in [1.82, 2.24) is 0 Å². The van der Waals surface area contributed by atoms with Crippen LogP contribution in [0.1, 0.15) is 16.7 Å². The monoisotopic (exact) mass is 307 g/mol. The molecule has 0 heterocycles. The number of rotatable bonds is 4. The number of benzene rings is 2. The maximum Gasteiger partial charge on any atom is 0.197 e. The first-order valence-corrected chi connectivity index (χ1v) is 6.41. The van der Waals surface area contributed by atoms with Crippen molar-refractivity contribution in [3.63, 3.8) is 0 Å². The maximum atomic E-state index is 13.6. The van der Waals surface area contributed by atoms with Crippen molar-refractivity contribution in [1.29, 1.82) is 0 Å². The Hall–Kier alpha value is -2.56. The zero-order chi connectivity index (χ0) is 16.3. The Labute approximate surface area is 125 Å². The average molecular weight is 307 g/mol. The van der Waals surface area contributed by atoms with E-state index in [1.165, 1.54) is 0 Å². The second kappa shape index (κ2) is 6.47. The fourth-order valence-corrected chi connectivity index (χ4v) is 1.92. The predicted octanol–water partition coefficient (Wildman–Crippen LogP) is 4.32. The van der Waals surface area contributed by atoms with Gasteiger partial charge in [0.2, 0.25) is 0 Å². The van der Waals surface area contributed by atoms with Gasteiger partial charge in [0.15, 0.2) is 23.3 Å². The largest absolute Gasteiger partial charge is 0.399 e. The molecule has 0 amide bonds. The van der Waals surface area contributed by atoms with Crippen molar-refractivity contribution in [2.75, 3.05) is 0 Å². The van der Waals surface area contributed by atoms with Crippen molar-refractivity contribution in [3.8, 4) is 0 Å². The molecule has 0 fully saturated rings. The molecular weight excluding hydrogens is 294 g/mol. The molecule has 0 radical (unpaired) electrons. The minimum absolute atomic E-state index is 0.0481. The molecule has 2 aromatic carbocycles. The molecule has 1 nitrogen and oxygen atoms in total. The summed E-state index contributed by atoms with van der Waals surface area (Å²) in [5.41, 5.74) is 7.04. The van der Waals surface area contributed by atoms with Gasteiger partial charge in [0.25, 0.3) is 0 Å². The van der Waals surface area contributed by atoms with Gasteiger partial charge in [-0.15, -0.1) is 0 Å². The molecular formula is C17H13F4N. The minimum Gasteiger partial charge on any atom is -0.399 e. The highest BCUT2D eigenvalue weighted by Crippen LogP contribution is 2.21. The molecule has 0 aromatic heterocycles. The number of hydrogen-bond donors (Lipinski definition) is 1. The molecule has 0 bridgehead atoms. The van der Waals surface area contributed by atoms with Gasteiger partial charge >= 0.3 is 0 Å². The molecule has 2 aromatic rings. The van der Waals surface area contributed by atoms with Crippen molar-refractivity contribution in [2.24, 2.45) is 5.73 Å². The Morgan fingerprint density at radius 1 is 1.00 bits per heavy atom. The predicted molar refractivity (Wildman–Crippen MR) is 77.9 cm³/mol. The van der Waals surface area contributed by atoms with Crippen LogP contribution in [0.4, 0.5) is 17.6 Å². The van der Waals surface area contributed by atoms with Crippen LogP contribution in [0.2, 0.25) is 0 Å². The molecule has 2 rings (SSSR count). The van der Waals surface area contributed by atoms with E-state index in [1.807, 2.05) is 0 Å². The van der Waals surface area contributed by atoms with Crippen LogP contribution in [0.25, 0.3) is 6.08 Å². The van der Waals surface area contributed by atoms with Crippen LogP contribution < -0.4 is 5.73 Å².